The lowest BCUT2D eigenvalue weighted by Gasteiger charge is -2.31. The first-order valence-electron chi connectivity index (χ1n) is 7.94. The molecule has 1 N–H and O–H groups in total. The van der Waals surface area contributed by atoms with Gasteiger partial charge in [0.1, 0.15) is 0 Å². The maximum atomic E-state index is 6.10. The zero-order chi connectivity index (χ0) is 15.3. The normalized spacial score (nSPS) is 23.4. The zero-order valence-electron chi connectivity index (χ0n) is 13.8. The Labute approximate surface area is 133 Å². The molecule has 2 atom stereocenters. The van der Waals surface area contributed by atoms with E-state index in [4.69, 9.17) is 9.47 Å². The maximum absolute atomic E-state index is 6.10. The SMILES string of the molecule is COCCNCC1CCCOC1c1ccc(C(C)(C)C)s1. The van der Waals surface area contributed by atoms with Crippen LogP contribution in [0.4, 0.5) is 0 Å². The van der Waals surface area contributed by atoms with Crippen molar-refractivity contribution in [2.75, 3.05) is 33.4 Å². The maximum Gasteiger partial charge on any atom is 0.0956 e. The van der Waals surface area contributed by atoms with Gasteiger partial charge in [0.25, 0.3) is 0 Å². The smallest absolute Gasteiger partial charge is 0.0956 e. The fraction of sp³-hybridized carbons (Fsp3) is 0.765. The number of nitrogens with one attached hydrogen (secondary N) is 1. The quantitative estimate of drug-likeness (QED) is 0.812. The average molecular weight is 311 g/mol. The van der Waals surface area contributed by atoms with Crippen molar-refractivity contribution in [1.29, 1.82) is 0 Å². The minimum absolute atomic E-state index is 0.226. The zero-order valence-corrected chi connectivity index (χ0v) is 14.6. The molecule has 1 aliphatic rings. The van der Waals surface area contributed by atoms with Gasteiger partial charge in [-0.15, -0.1) is 11.3 Å². The highest BCUT2D eigenvalue weighted by Gasteiger charge is 2.29. The van der Waals surface area contributed by atoms with E-state index < -0.39 is 0 Å². The van der Waals surface area contributed by atoms with Gasteiger partial charge in [0, 0.05) is 42.5 Å². The van der Waals surface area contributed by atoms with E-state index in [9.17, 15) is 0 Å². The highest BCUT2D eigenvalue weighted by Crippen LogP contribution is 2.39. The molecule has 0 saturated carbocycles. The number of hydrogen-bond acceptors (Lipinski definition) is 4. The van der Waals surface area contributed by atoms with Crippen molar-refractivity contribution in [3.05, 3.63) is 21.9 Å². The molecule has 1 fully saturated rings. The van der Waals surface area contributed by atoms with Crippen LogP contribution >= 0.6 is 11.3 Å². The van der Waals surface area contributed by atoms with E-state index in [0.717, 1.165) is 26.3 Å². The third-order valence-corrected chi connectivity index (χ3v) is 5.55. The first-order valence-corrected chi connectivity index (χ1v) is 8.75. The van der Waals surface area contributed by atoms with E-state index >= 15 is 0 Å². The Balaban J connectivity index is 1.99. The van der Waals surface area contributed by atoms with Gasteiger partial charge in [-0.3, -0.25) is 0 Å². The summed E-state index contributed by atoms with van der Waals surface area (Å²) in [5.74, 6) is 0.571. The minimum Gasteiger partial charge on any atom is -0.383 e. The summed E-state index contributed by atoms with van der Waals surface area (Å²) in [7, 11) is 1.74. The summed E-state index contributed by atoms with van der Waals surface area (Å²) in [6.45, 7) is 10.4. The van der Waals surface area contributed by atoms with Gasteiger partial charge in [0.05, 0.1) is 12.7 Å². The molecule has 0 amide bonds. The summed E-state index contributed by atoms with van der Waals surface area (Å²) in [6, 6.07) is 4.54. The number of methoxy groups -OCH3 is 1. The lowest BCUT2D eigenvalue weighted by molar-refractivity contribution is -0.0258. The number of hydrogen-bond donors (Lipinski definition) is 1. The topological polar surface area (TPSA) is 30.5 Å². The van der Waals surface area contributed by atoms with Gasteiger partial charge in [0.15, 0.2) is 0 Å². The van der Waals surface area contributed by atoms with Crippen LogP contribution in [0.2, 0.25) is 0 Å². The third kappa shape index (κ3) is 4.78. The number of ether oxygens (including phenoxy) is 2. The molecule has 2 rings (SSSR count). The lowest BCUT2D eigenvalue weighted by Crippen LogP contribution is -2.33. The van der Waals surface area contributed by atoms with Gasteiger partial charge in [-0.2, -0.15) is 0 Å². The van der Waals surface area contributed by atoms with Gasteiger partial charge in [-0.05, 0) is 30.4 Å². The largest absolute Gasteiger partial charge is 0.383 e. The standard InChI is InChI=1S/C17H29NO2S/c1-17(2,3)15-8-7-14(21-15)16-13(6-5-10-20-16)12-18-9-11-19-4/h7-8,13,16,18H,5-6,9-12H2,1-4H3. The van der Waals surface area contributed by atoms with Gasteiger partial charge >= 0.3 is 0 Å². The van der Waals surface area contributed by atoms with Crippen LogP contribution in [0.3, 0.4) is 0 Å². The molecule has 1 saturated heterocycles. The molecule has 21 heavy (non-hydrogen) atoms. The van der Waals surface area contributed by atoms with Crippen LogP contribution in [-0.4, -0.2) is 33.4 Å². The van der Waals surface area contributed by atoms with Crippen LogP contribution in [-0.2, 0) is 14.9 Å². The van der Waals surface area contributed by atoms with Crippen LogP contribution in [0.5, 0.6) is 0 Å². The minimum atomic E-state index is 0.226. The second-order valence-corrected chi connectivity index (χ2v) is 7.96. The molecule has 120 valence electrons. The molecule has 1 aliphatic heterocycles. The van der Waals surface area contributed by atoms with Crippen LogP contribution < -0.4 is 5.32 Å². The van der Waals surface area contributed by atoms with Crippen molar-refractivity contribution in [3.63, 3.8) is 0 Å². The Morgan fingerprint density at radius 2 is 2.19 bits per heavy atom. The predicted molar refractivity (Wildman–Crippen MR) is 89.2 cm³/mol. The van der Waals surface area contributed by atoms with Crippen molar-refractivity contribution in [3.8, 4) is 0 Å². The Morgan fingerprint density at radius 1 is 1.38 bits per heavy atom. The lowest BCUT2D eigenvalue weighted by atomic mass is 9.92. The molecular weight excluding hydrogens is 282 g/mol. The van der Waals surface area contributed by atoms with Crippen molar-refractivity contribution in [2.45, 2.75) is 45.1 Å². The van der Waals surface area contributed by atoms with Crippen LogP contribution in [0.25, 0.3) is 0 Å². The Kier molecular flexibility index (Phi) is 6.23. The molecule has 1 aromatic rings. The van der Waals surface area contributed by atoms with E-state index in [1.165, 1.54) is 22.6 Å². The summed E-state index contributed by atoms with van der Waals surface area (Å²) in [6.07, 6.45) is 2.67. The molecule has 1 aromatic heterocycles. The van der Waals surface area contributed by atoms with Crippen molar-refractivity contribution < 1.29 is 9.47 Å². The van der Waals surface area contributed by atoms with E-state index in [2.05, 4.69) is 38.2 Å². The molecule has 4 heteroatoms. The predicted octanol–water partition coefficient (Wildman–Crippen LogP) is 3.75. The summed E-state index contributed by atoms with van der Waals surface area (Å²) in [4.78, 5) is 2.83. The van der Waals surface area contributed by atoms with Crippen molar-refractivity contribution >= 4 is 11.3 Å². The first kappa shape index (κ1) is 16.9. The van der Waals surface area contributed by atoms with E-state index in [-0.39, 0.29) is 11.5 Å². The van der Waals surface area contributed by atoms with Gasteiger partial charge in [-0.25, -0.2) is 0 Å². The summed E-state index contributed by atoms with van der Waals surface area (Å²) >= 11 is 1.92. The molecule has 2 heterocycles. The number of thiophene rings is 1. The van der Waals surface area contributed by atoms with E-state index in [1.54, 1.807) is 7.11 Å². The summed E-state index contributed by atoms with van der Waals surface area (Å²) in [5, 5.41) is 3.49. The molecule has 0 spiro atoms. The van der Waals surface area contributed by atoms with Gasteiger partial charge < -0.3 is 14.8 Å². The Morgan fingerprint density at radius 3 is 2.86 bits per heavy atom. The van der Waals surface area contributed by atoms with Crippen LogP contribution in [0.1, 0.15) is 49.5 Å². The molecular formula is C17H29NO2S. The van der Waals surface area contributed by atoms with Crippen molar-refractivity contribution in [2.24, 2.45) is 5.92 Å². The fourth-order valence-electron chi connectivity index (χ4n) is 2.74. The molecule has 0 bridgehead atoms. The van der Waals surface area contributed by atoms with Crippen molar-refractivity contribution in [1.82, 2.24) is 5.32 Å². The number of rotatable bonds is 6. The van der Waals surface area contributed by atoms with Crippen LogP contribution in [0.15, 0.2) is 12.1 Å². The first-order chi connectivity index (χ1) is 10.0. The second kappa shape index (κ2) is 7.73. The molecule has 3 nitrogen and oxygen atoms in total. The van der Waals surface area contributed by atoms with E-state index in [1.807, 2.05) is 11.3 Å². The van der Waals surface area contributed by atoms with Gasteiger partial charge in [-0.1, -0.05) is 20.8 Å². The average Bonchev–Trinajstić information content (AvgIpc) is 2.94. The Bertz CT molecular complexity index is 425. The molecule has 0 aromatic carbocycles. The molecule has 0 aliphatic carbocycles. The Hall–Kier alpha value is -0.420. The van der Waals surface area contributed by atoms with Crippen LogP contribution in [0, 0.1) is 5.92 Å². The summed E-state index contributed by atoms with van der Waals surface area (Å²) in [5.41, 5.74) is 0.226. The molecule has 0 radical (unpaired) electrons. The highest BCUT2D eigenvalue weighted by molar-refractivity contribution is 7.12. The highest BCUT2D eigenvalue weighted by atomic mass is 32.1. The molecule has 2 unspecified atom stereocenters. The fourth-order valence-corrected chi connectivity index (χ4v) is 3.95. The third-order valence-electron chi connectivity index (χ3n) is 3.98. The summed E-state index contributed by atoms with van der Waals surface area (Å²) < 4.78 is 11.2. The monoisotopic (exact) mass is 311 g/mol. The van der Waals surface area contributed by atoms with Gasteiger partial charge in [0.2, 0.25) is 0 Å². The second-order valence-electron chi connectivity index (χ2n) is 6.84. The van der Waals surface area contributed by atoms with E-state index in [0.29, 0.717) is 5.92 Å².